The van der Waals surface area contributed by atoms with Crippen molar-refractivity contribution in [2.75, 3.05) is 18.4 Å². The maximum Gasteiger partial charge on any atom is 0.412 e. The van der Waals surface area contributed by atoms with Gasteiger partial charge in [-0.05, 0) is 60.5 Å². The lowest BCUT2D eigenvalue weighted by molar-refractivity contribution is -0.118. The number of nitrogens with one attached hydrogen (secondary N) is 2. The fourth-order valence-corrected chi connectivity index (χ4v) is 5.95. The minimum Gasteiger partial charge on any atom is -0.507 e. The smallest absolute Gasteiger partial charge is 0.412 e. The Bertz CT molecular complexity index is 1980. The van der Waals surface area contributed by atoms with Gasteiger partial charge in [0.1, 0.15) is 23.0 Å². The average Bonchev–Trinajstić information content (AvgIpc) is 3.02. The normalized spacial score (nSPS) is 12.1. The van der Waals surface area contributed by atoms with Crippen LogP contribution in [-0.2, 0) is 14.8 Å². The quantitative estimate of drug-likeness (QED) is 0.149. The highest BCUT2D eigenvalue weighted by Gasteiger charge is 2.23. The molecular weight excluding hydrogens is 582 g/mol. The topological polar surface area (TPSA) is 157 Å². The van der Waals surface area contributed by atoms with Crippen LogP contribution >= 0.6 is 0 Å². The second kappa shape index (κ2) is 12.6. The highest BCUT2D eigenvalue weighted by atomic mass is 32.2. The molecule has 0 aromatic heterocycles. The number of hydrogen-bond donors (Lipinski definition) is 4. The minimum atomic E-state index is -4.05. The number of carbonyl (C=O) groups excluding carboxylic acids is 2. The number of benzene rings is 5. The number of carbonyl (C=O) groups is 2. The van der Waals surface area contributed by atoms with E-state index in [-0.39, 0.29) is 46.4 Å². The summed E-state index contributed by atoms with van der Waals surface area (Å²) >= 11 is 0. The summed E-state index contributed by atoms with van der Waals surface area (Å²) in [4.78, 5) is 24.3. The summed E-state index contributed by atoms with van der Waals surface area (Å²) in [5, 5.41) is 16.5. The van der Waals surface area contributed by atoms with E-state index in [1.54, 1.807) is 48.5 Å². The number of amides is 1. The van der Waals surface area contributed by atoms with Crippen molar-refractivity contribution in [3.05, 3.63) is 91.0 Å². The van der Waals surface area contributed by atoms with Gasteiger partial charge >= 0.3 is 6.09 Å². The molecule has 1 atom stereocenters. The van der Waals surface area contributed by atoms with E-state index >= 15 is 0 Å². The van der Waals surface area contributed by atoms with E-state index < -0.39 is 22.2 Å². The van der Waals surface area contributed by atoms with Crippen LogP contribution in [0.5, 0.6) is 17.2 Å². The first-order chi connectivity index (χ1) is 21.1. The molecule has 5 rings (SSSR count). The second-order valence-electron chi connectivity index (χ2n) is 10.1. The molecule has 0 saturated heterocycles. The van der Waals surface area contributed by atoms with Crippen molar-refractivity contribution in [1.82, 2.24) is 5.32 Å². The van der Waals surface area contributed by atoms with E-state index in [9.17, 15) is 23.1 Å². The van der Waals surface area contributed by atoms with Gasteiger partial charge in [-0.15, -0.1) is 0 Å². The molecule has 0 spiro atoms. The van der Waals surface area contributed by atoms with Gasteiger partial charge in [0, 0.05) is 28.4 Å². The molecule has 0 bridgehead atoms. The minimum absolute atomic E-state index is 0.0207. The Balaban J connectivity index is 1.61. The number of fused-ring (bicyclic) bond motifs is 2. The Kier molecular flexibility index (Phi) is 8.70. The number of anilines is 1. The zero-order valence-electron chi connectivity index (χ0n) is 24.0. The summed E-state index contributed by atoms with van der Waals surface area (Å²) in [6.07, 6.45) is -0.545. The number of methoxy groups -OCH3 is 1. The monoisotopic (exact) mass is 613 g/mol. The van der Waals surface area contributed by atoms with Gasteiger partial charge in [-0.2, -0.15) is 0 Å². The average molecular weight is 614 g/mol. The van der Waals surface area contributed by atoms with Crippen LogP contribution < -0.4 is 25.2 Å². The lowest BCUT2D eigenvalue weighted by Gasteiger charge is -2.19. The number of ether oxygens (including phenoxy) is 2. The SMILES string of the molecule is COc1ccc(S(=O)(=O)Nc2cc(-c3c(OC(=O)NCC[C@H](N)C(C)=O)ccc4ccccc34)c(O)c3ccccc23)cc1. The van der Waals surface area contributed by atoms with Crippen LogP contribution in [0.1, 0.15) is 13.3 Å². The van der Waals surface area contributed by atoms with Crippen LogP contribution in [0.25, 0.3) is 32.7 Å². The molecule has 1 amide bonds. The molecule has 0 aliphatic heterocycles. The van der Waals surface area contributed by atoms with Crippen molar-refractivity contribution in [1.29, 1.82) is 0 Å². The predicted molar refractivity (Wildman–Crippen MR) is 170 cm³/mol. The Morgan fingerprint density at radius 2 is 1.57 bits per heavy atom. The third-order valence-electron chi connectivity index (χ3n) is 7.24. The standard InChI is InChI=1S/C33H31N3O7S/c1-20(37)28(34)17-18-35-33(39)43-30-16-11-21-7-3-4-8-24(21)31(30)27-19-29(25-9-5-6-10-26(25)32(27)38)36-44(40,41)23-14-12-22(42-2)13-15-23/h3-16,19,28,36,38H,17-18,34H2,1-2H3,(H,35,39)/t28-/m0/s1. The van der Waals surface area contributed by atoms with Crippen LogP contribution in [0.2, 0.25) is 0 Å². The first kappa shape index (κ1) is 30.3. The van der Waals surface area contributed by atoms with E-state index in [1.807, 2.05) is 24.3 Å². The molecule has 226 valence electrons. The van der Waals surface area contributed by atoms with Crippen LogP contribution in [0.3, 0.4) is 0 Å². The van der Waals surface area contributed by atoms with E-state index in [4.69, 9.17) is 15.2 Å². The predicted octanol–water partition coefficient (Wildman–Crippen LogP) is 5.57. The van der Waals surface area contributed by atoms with Gasteiger partial charge in [-0.25, -0.2) is 13.2 Å². The van der Waals surface area contributed by atoms with E-state index in [0.29, 0.717) is 27.5 Å². The third kappa shape index (κ3) is 6.29. The van der Waals surface area contributed by atoms with Gasteiger partial charge in [0.25, 0.3) is 10.0 Å². The maximum atomic E-state index is 13.5. The first-order valence-corrected chi connectivity index (χ1v) is 15.2. The zero-order chi connectivity index (χ0) is 31.4. The van der Waals surface area contributed by atoms with Gasteiger partial charge in [0.05, 0.1) is 23.7 Å². The van der Waals surface area contributed by atoms with E-state index in [0.717, 1.165) is 5.39 Å². The molecular formula is C33H31N3O7S. The molecule has 0 radical (unpaired) electrons. The molecule has 0 fully saturated rings. The van der Waals surface area contributed by atoms with Gasteiger partial charge in [-0.1, -0.05) is 54.6 Å². The number of phenols is 1. The fourth-order valence-electron chi connectivity index (χ4n) is 4.88. The van der Waals surface area contributed by atoms with Crippen LogP contribution in [0.4, 0.5) is 10.5 Å². The highest BCUT2D eigenvalue weighted by Crippen LogP contribution is 2.46. The zero-order valence-corrected chi connectivity index (χ0v) is 24.9. The van der Waals surface area contributed by atoms with Gasteiger partial charge in [-0.3, -0.25) is 9.52 Å². The first-order valence-electron chi connectivity index (χ1n) is 13.7. The summed E-state index contributed by atoms with van der Waals surface area (Å²) in [5.41, 5.74) is 6.60. The Morgan fingerprint density at radius 1 is 0.909 bits per heavy atom. The number of Topliss-reactive ketones (excluding diaryl/α,β-unsaturated/α-hetero) is 1. The van der Waals surface area contributed by atoms with E-state index in [1.165, 1.54) is 32.2 Å². The maximum absolute atomic E-state index is 13.5. The lowest BCUT2D eigenvalue weighted by Crippen LogP contribution is -2.35. The third-order valence-corrected chi connectivity index (χ3v) is 8.62. The molecule has 11 heteroatoms. The lowest BCUT2D eigenvalue weighted by atomic mass is 9.93. The Hall–Kier alpha value is -5.13. The summed E-state index contributed by atoms with van der Waals surface area (Å²) in [5.74, 6) is 0.325. The van der Waals surface area contributed by atoms with Gasteiger partial charge in [0.2, 0.25) is 0 Å². The molecule has 0 unspecified atom stereocenters. The largest absolute Gasteiger partial charge is 0.507 e. The van der Waals surface area contributed by atoms with Gasteiger partial charge < -0.3 is 25.6 Å². The van der Waals surface area contributed by atoms with Crippen LogP contribution in [0, 0.1) is 0 Å². The molecule has 0 heterocycles. The molecule has 5 aromatic carbocycles. The second-order valence-corrected chi connectivity index (χ2v) is 11.8. The number of ketones is 1. The number of rotatable bonds is 10. The van der Waals surface area contributed by atoms with Crippen molar-refractivity contribution in [2.24, 2.45) is 5.73 Å². The number of sulfonamides is 1. The highest BCUT2D eigenvalue weighted by molar-refractivity contribution is 7.92. The molecule has 0 aliphatic rings. The number of hydrogen-bond acceptors (Lipinski definition) is 8. The van der Waals surface area contributed by atoms with E-state index in [2.05, 4.69) is 10.0 Å². The molecule has 5 aromatic rings. The fraction of sp³-hybridized carbons (Fsp3) is 0.152. The molecule has 0 aliphatic carbocycles. The van der Waals surface area contributed by atoms with Crippen LogP contribution in [-0.4, -0.2) is 45.1 Å². The van der Waals surface area contributed by atoms with Gasteiger partial charge in [0.15, 0.2) is 0 Å². The molecule has 10 nitrogen and oxygen atoms in total. The Morgan fingerprint density at radius 3 is 2.25 bits per heavy atom. The van der Waals surface area contributed by atoms with Crippen molar-refractivity contribution < 1.29 is 32.6 Å². The molecule has 5 N–H and O–H groups in total. The van der Waals surface area contributed by atoms with Crippen molar-refractivity contribution in [3.8, 4) is 28.4 Å². The summed E-state index contributed by atoms with van der Waals surface area (Å²) in [7, 11) is -2.56. The van der Waals surface area contributed by atoms with Crippen LogP contribution in [0.15, 0.2) is 95.9 Å². The summed E-state index contributed by atoms with van der Waals surface area (Å²) in [6, 6.07) is 24.4. The number of phenolic OH excluding ortho intramolecular Hbond substituents is 1. The number of nitrogens with two attached hydrogens (primary N) is 1. The van der Waals surface area contributed by atoms with Crippen molar-refractivity contribution >= 4 is 49.1 Å². The van der Waals surface area contributed by atoms with Crippen molar-refractivity contribution in [3.63, 3.8) is 0 Å². The molecule has 44 heavy (non-hydrogen) atoms. The molecule has 0 saturated carbocycles. The van der Waals surface area contributed by atoms with Crippen molar-refractivity contribution in [2.45, 2.75) is 24.3 Å². The summed E-state index contributed by atoms with van der Waals surface area (Å²) < 4.78 is 40.5. The summed E-state index contributed by atoms with van der Waals surface area (Å²) in [6.45, 7) is 1.49. The Labute approximate surface area is 254 Å². The number of aromatic hydroxyl groups is 1.